The fourth-order valence-corrected chi connectivity index (χ4v) is 3.39. The van der Waals surface area contributed by atoms with E-state index in [0.29, 0.717) is 12.2 Å². The predicted molar refractivity (Wildman–Crippen MR) is 96.2 cm³/mol. The second kappa shape index (κ2) is 8.23. The monoisotopic (exact) mass is 343 g/mol. The molecule has 1 heterocycles. The lowest BCUT2D eigenvalue weighted by atomic mass is 10.1. The summed E-state index contributed by atoms with van der Waals surface area (Å²) < 4.78 is 13.2. The highest BCUT2D eigenvalue weighted by Gasteiger charge is 2.25. The maximum Gasteiger partial charge on any atom is 0.279 e. The van der Waals surface area contributed by atoms with Crippen molar-refractivity contribution < 1.29 is 19.0 Å². The number of nitrogens with one attached hydrogen (secondary N) is 3. The lowest BCUT2D eigenvalue weighted by Gasteiger charge is -2.29. The lowest BCUT2D eigenvalue weighted by molar-refractivity contribution is -1.02. The maximum atomic E-state index is 13.2. The molecule has 132 valence electrons. The minimum absolute atomic E-state index is 0.0528. The fourth-order valence-electron chi connectivity index (χ4n) is 3.39. The van der Waals surface area contributed by atoms with Crippen molar-refractivity contribution in [3.63, 3.8) is 0 Å². The summed E-state index contributed by atoms with van der Waals surface area (Å²) in [6, 6.07) is 14.6. The lowest BCUT2D eigenvalue weighted by Crippen LogP contribution is -3.28. The number of hydrogen-bond acceptors (Lipinski definition) is 1. The van der Waals surface area contributed by atoms with Gasteiger partial charge in [-0.1, -0.05) is 30.3 Å². The quantitative estimate of drug-likeness (QED) is 0.706. The van der Waals surface area contributed by atoms with Crippen molar-refractivity contribution in [2.45, 2.75) is 13.5 Å². The third-order valence-electron chi connectivity index (χ3n) is 4.88. The van der Waals surface area contributed by atoms with E-state index in [-0.39, 0.29) is 11.7 Å². The zero-order chi connectivity index (χ0) is 17.6. The third-order valence-corrected chi connectivity index (χ3v) is 4.88. The molecule has 25 heavy (non-hydrogen) atoms. The second-order valence-corrected chi connectivity index (χ2v) is 6.84. The molecule has 0 aromatic heterocycles. The number of quaternary nitrogens is 2. The number of halogens is 1. The van der Waals surface area contributed by atoms with Gasteiger partial charge in [0.25, 0.3) is 5.91 Å². The Morgan fingerprint density at radius 1 is 1.04 bits per heavy atom. The molecule has 4 nitrogen and oxygen atoms in total. The van der Waals surface area contributed by atoms with Crippen LogP contribution in [-0.4, -0.2) is 38.6 Å². The van der Waals surface area contributed by atoms with E-state index in [0.717, 1.165) is 32.7 Å². The predicted octanol–water partition coefficient (Wildman–Crippen LogP) is 0.0562. The van der Waals surface area contributed by atoms with Crippen LogP contribution in [0.3, 0.4) is 0 Å². The summed E-state index contributed by atoms with van der Waals surface area (Å²) in [5, 5.41) is 2.78. The van der Waals surface area contributed by atoms with Crippen molar-refractivity contribution >= 4 is 11.6 Å². The molecule has 1 aliphatic heterocycles. The molecule has 3 N–H and O–H groups in total. The van der Waals surface area contributed by atoms with Crippen LogP contribution in [-0.2, 0) is 11.3 Å². The number of hydrogen-bond donors (Lipinski definition) is 3. The van der Waals surface area contributed by atoms with Gasteiger partial charge in [-0.05, 0) is 30.7 Å². The van der Waals surface area contributed by atoms with Gasteiger partial charge in [-0.25, -0.2) is 4.39 Å². The van der Waals surface area contributed by atoms with Gasteiger partial charge in [-0.15, -0.1) is 0 Å². The first-order valence-corrected chi connectivity index (χ1v) is 8.87. The summed E-state index contributed by atoms with van der Waals surface area (Å²) in [6.45, 7) is 7.75. The summed E-state index contributed by atoms with van der Waals surface area (Å²) in [5.74, 6) is -0.387. The Morgan fingerprint density at radius 3 is 2.48 bits per heavy atom. The highest BCUT2D eigenvalue weighted by molar-refractivity contribution is 5.91. The highest BCUT2D eigenvalue weighted by Crippen LogP contribution is 2.08. The zero-order valence-electron chi connectivity index (χ0n) is 14.6. The normalized spacial score (nSPS) is 20.2. The Balaban J connectivity index is 1.44. The van der Waals surface area contributed by atoms with E-state index in [2.05, 4.69) is 36.5 Å². The van der Waals surface area contributed by atoms with Crippen LogP contribution in [0, 0.1) is 12.7 Å². The van der Waals surface area contributed by atoms with E-state index in [4.69, 9.17) is 0 Å². The van der Waals surface area contributed by atoms with Gasteiger partial charge >= 0.3 is 0 Å². The van der Waals surface area contributed by atoms with Crippen molar-refractivity contribution in [3.05, 3.63) is 65.5 Å². The van der Waals surface area contributed by atoms with E-state index >= 15 is 0 Å². The van der Waals surface area contributed by atoms with E-state index in [1.54, 1.807) is 17.0 Å². The van der Waals surface area contributed by atoms with E-state index < -0.39 is 0 Å². The molecule has 0 bridgehead atoms. The number of rotatable bonds is 5. The molecule has 0 aliphatic carbocycles. The number of carbonyl (C=O) groups is 1. The minimum atomic E-state index is -0.335. The Labute approximate surface area is 148 Å². The summed E-state index contributed by atoms with van der Waals surface area (Å²) in [4.78, 5) is 15.0. The van der Waals surface area contributed by atoms with Gasteiger partial charge in [0, 0.05) is 11.3 Å². The van der Waals surface area contributed by atoms with Gasteiger partial charge in [0.1, 0.15) is 38.5 Å². The van der Waals surface area contributed by atoms with Gasteiger partial charge in [-0.2, -0.15) is 0 Å². The van der Waals surface area contributed by atoms with E-state index in [1.165, 1.54) is 28.2 Å². The minimum Gasteiger partial charge on any atom is -0.322 e. The van der Waals surface area contributed by atoms with Gasteiger partial charge < -0.3 is 15.1 Å². The summed E-state index contributed by atoms with van der Waals surface area (Å²) in [5.41, 5.74) is 3.28. The SMILES string of the molecule is Cc1ccccc1C[NH+]1CC[NH+](CC(=O)Nc2cccc(F)c2)CC1. The Morgan fingerprint density at radius 2 is 1.76 bits per heavy atom. The topological polar surface area (TPSA) is 38.0 Å². The van der Waals surface area contributed by atoms with Crippen LogP contribution >= 0.6 is 0 Å². The number of piperazine rings is 1. The Hall–Kier alpha value is -2.24. The number of anilines is 1. The van der Waals surface area contributed by atoms with Crippen molar-refractivity contribution in [3.8, 4) is 0 Å². The zero-order valence-corrected chi connectivity index (χ0v) is 14.6. The van der Waals surface area contributed by atoms with Gasteiger partial charge in [0.05, 0.1) is 0 Å². The summed E-state index contributed by atoms with van der Waals surface area (Å²) in [7, 11) is 0. The molecule has 5 heteroatoms. The van der Waals surface area contributed by atoms with E-state index in [9.17, 15) is 9.18 Å². The first-order valence-electron chi connectivity index (χ1n) is 8.87. The molecule has 0 atom stereocenters. The Kier molecular flexibility index (Phi) is 5.79. The molecule has 0 spiro atoms. The van der Waals surface area contributed by atoms with Crippen molar-refractivity contribution in [2.24, 2.45) is 0 Å². The van der Waals surface area contributed by atoms with Crippen LogP contribution in [0.2, 0.25) is 0 Å². The van der Waals surface area contributed by atoms with Crippen molar-refractivity contribution in [2.75, 3.05) is 38.0 Å². The van der Waals surface area contributed by atoms with Crippen LogP contribution in [0.15, 0.2) is 48.5 Å². The maximum absolute atomic E-state index is 13.2. The average Bonchev–Trinajstić information content (AvgIpc) is 2.58. The van der Waals surface area contributed by atoms with Crippen LogP contribution in [0.4, 0.5) is 10.1 Å². The number of amides is 1. The highest BCUT2D eigenvalue weighted by atomic mass is 19.1. The van der Waals surface area contributed by atoms with Gasteiger partial charge in [-0.3, -0.25) is 4.79 Å². The molecule has 0 saturated carbocycles. The molecule has 1 aliphatic rings. The summed E-state index contributed by atoms with van der Waals surface area (Å²) in [6.07, 6.45) is 0. The standard InChI is InChI=1S/C20H24FN3O/c1-16-5-2-3-6-17(16)14-23-9-11-24(12-10-23)15-20(25)22-19-8-4-7-18(21)13-19/h2-8,13H,9-12,14-15H2,1H3,(H,22,25)/p+2. The van der Waals surface area contributed by atoms with Gasteiger partial charge in [0.15, 0.2) is 6.54 Å². The largest absolute Gasteiger partial charge is 0.322 e. The van der Waals surface area contributed by atoms with Crippen LogP contribution in [0.25, 0.3) is 0 Å². The summed E-state index contributed by atoms with van der Waals surface area (Å²) >= 11 is 0. The van der Waals surface area contributed by atoms with Crippen molar-refractivity contribution in [1.29, 1.82) is 0 Å². The van der Waals surface area contributed by atoms with Crippen LogP contribution in [0.5, 0.6) is 0 Å². The Bertz CT molecular complexity index is 726. The first-order chi connectivity index (χ1) is 12.1. The molecule has 3 rings (SSSR count). The molecule has 0 radical (unpaired) electrons. The first kappa shape index (κ1) is 17.6. The smallest absolute Gasteiger partial charge is 0.279 e. The molecule has 2 aromatic rings. The number of benzene rings is 2. The molecule has 1 fully saturated rings. The number of aryl methyl sites for hydroxylation is 1. The molecular formula is C20H26FN3O+2. The molecule has 1 amide bonds. The molecular weight excluding hydrogens is 317 g/mol. The molecule has 0 unspecified atom stereocenters. The van der Waals surface area contributed by atoms with Crippen molar-refractivity contribution in [1.82, 2.24) is 0 Å². The number of carbonyl (C=O) groups excluding carboxylic acids is 1. The average molecular weight is 343 g/mol. The third kappa shape index (κ3) is 5.11. The van der Waals surface area contributed by atoms with E-state index in [1.807, 2.05) is 0 Å². The van der Waals surface area contributed by atoms with Crippen LogP contribution < -0.4 is 15.1 Å². The van der Waals surface area contributed by atoms with Gasteiger partial charge in [0.2, 0.25) is 0 Å². The molecule has 1 saturated heterocycles. The van der Waals surface area contributed by atoms with Crippen LogP contribution in [0.1, 0.15) is 11.1 Å². The fraction of sp³-hybridized carbons (Fsp3) is 0.350. The molecule has 2 aromatic carbocycles. The second-order valence-electron chi connectivity index (χ2n) is 6.84.